The van der Waals surface area contributed by atoms with E-state index in [2.05, 4.69) is 10.4 Å². The first-order chi connectivity index (χ1) is 6.34. The van der Waals surface area contributed by atoms with Gasteiger partial charge in [-0.1, -0.05) is 0 Å². The predicted molar refractivity (Wildman–Crippen MR) is 51.2 cm³/mol. The van der Waals surface area contributed by atoms with Crippen LogP contribution in [0.1, 0.15) is 18.5 Å². The minimum absolute atomic E-state index is 0.285. The molecule has 1 rings (SSSR count). The molecule has 0 bridgehead atoms. The molecule has 1 aromatic heterocycles. The molecule has 0 radical (unpaired) electrons. The monoisotopic (exact) mass is 183 g/mol. The number of nitrogens with zero attached hydrogens (tertiary/aromatic N) is 2. The van der Waals surface area contributed by atoms with Crippen molar-refractivity contribution in [1.82, 2.24) is 15.1 Å². The molecule has 4 nitrogen and oxygen atoms in total. The summed E-state index contributed by atoms with van der Waals surface area (Å²) in [6, 6.07) is 2.00. The number of unbranched alkanes of at least 4 members (excludes halogenated alkanes) is 1. The molecular formula is C9H17N3O. The Morgan fingerprint density at radius 3 is 3.00 bits per heavy atom. The Morgan fingerprint density at radius 2 is 2.38 bits per heavy atom. The van der Waals surface area contributed by atoms with Crippen LogP contribution in [0.25, 0.3) is 0 Å². The van der Waals surface area contributed by atoms with E-state index in [-0.39, 0.29) is 6.61 Å². The molecular weight excluding hydrogens is 166 g/mol. The Bertz CT molecular complexity index is 235. The zero-order valence-electron chi connectivity index (χ0n) is 8.03. The highest BCUT2D eigenvalue weighted by Crippen LogP contribution is 1.95. The van der Waals surface area contributed by atoms with Crippen molar-refractivity contribution in [3.8, 4) is 0 Å². The topological polar surface area (TPSA) is 50.1 Å². The standard InChI is InChI=1S/C9H17N3O/c1-12-9(4-6-11-12)8-10-5-2-3-7-13/h4,6,10,13H,2-3,5,7-8H2,1H3. The van der Waals surface area contributed by atoms with Gasteiger partial charge in [0.15, 0.2) is 0 Å². The summed E-state index contributed by atoms with van der Waals surface area (Å²) in [4.78, 5) is 0. The molecule has 0 atom stereocenters. The summed E-state index contributed by atoms with van der Waals surface area (Å²) in [7, 11) is 1.94. The average Bonchev–Trinajstić information content (AvgIpc) is 2.52. The highest BCUT2D eigenvalue weighted by molar-refractivity contribution is 4.98. The van der Waals surface area contributed by atoms with Crippen molar-refractivity contribution in [1.29, 1.82) is 0 Å². The molecule has 0 aliphatic rings. The van der Waals surface area contributed by atoms with E-state index in [9.17, 15) is 0 Å². The maximum absolute atomic E-state index is 8.55. The van der Waals surface area contributed by atoms with Crippen molar-refractivity contribution in [3.63, 3.8) is 0 Å². The summed E-state index contributed by atoms with van der Waals surface area (Å²) < 4.78 is 1.86. The minimum Gasteiger partial charge on any atom is -0.396 e. The van der Waals surface area contributed by atoms with Crippen LogP contribution in [0.5, 0.6) is 0 Å². The number of nitrogens with one attached hydrogen (secondary N) is 1. The third kappa shape index (κ3) is 3.57. The van der Waals surface area contributed by atoms with Crippen molar-refractivity contribution in [2.24, 2.45) is 7.05 Å². The van der Waals surface area contributed by atoms with Gasteiger partial charge in [0, 0.05) is 26.4 Å². The molecule has 0 aromatic carbocycles. The Balaban J connectivity index is 2.10. The van der Waals surface area contributed by atoms with Crippen molar-refractivity contribution >= 4 is 0 Å². The van der Waals surface area contributed by atoms with Crippen LogP contribution in [0.15, 0.2) is 12.3 Å². The van der Waals surface area contributed by atoms with Gasteiger partial charge in [0.05, 0.1) is 5.69 Å². The van der Waals surface area contributed by atoms with E-state index in [0.717, 1.165) is 25.9 Å². The largest absolute Gasteiger partial charge is 0.396 e. The lowest BCUT2D eigenvalue weighted by atomic mass is 10.3. The number of aromatic nitrogens is 2. The number of aliphatic hydroxyl groups is 1. The summed E-state index contributed by atoms with van der Waals surface area (Å²) in [5.41, 5.74) is 1.18. The van der Waals surface area contributed by atoms with Gasteiger partial charge in [-0.05, 0) is 25.5 Å². The van der Waals surface area contributed by atoms with E-state index in [4.69, 9.17) is 5.11 Å². The third-order valence-corrected chi connectivity index (χ3v) is 1.99. The van der Waals surface area contributed by atoms with Crippen molar-refractivity contribution in [3.05, 3.63) is 18.0 Å². The molecule has 0 fully saturated rings. The van der Waals surface area contributed by atoms with Gasteiger partial charge in [-0.3, -0.25) is 4.68 Å². The number of hydrogen-bond acceptors (Lipinski definition) is 3. The molecule has 0 aliphatic heterocycles. The molecule has 2 N–H and O–H groups in total. The Labute approximate surface area is 78.6 Å². The fourth-order valence-corrected chi connectivity index (χ4v) is 1.15. The summed E-state index contributed by atoms with van der Waals surface area (Å²) >= 11 is 0. The first kappa shape index (κ1) is 10.2. The summed E-state index contributed by atoms with van der Waals surface area (Å²) in [5, 5.41) is 15.9. The van der Waals surface area contributed by atoms with Crippen LogP contribution >= 0.6 is 0 Å². The lowest BCUT2D eigenvalue weighted by molar-refractivity contribution is 0.283. The van der Waals surface area contributed by atoms with E-state index in [1.165, 1.54) is 5.69 Å². The maximum atomic E-state index is 8.55. The normalized spacial score (nSPS) is 10.6. The molecule has 0 saturated carbocycles. The number of aryl methyl sites for hydroxylation is 1. The summed E-state index contributed by atoms with van der Waals surface area (Å²) in [6.07, 6.45) is 3.69. The Kier molecular flexibility index (Phi) is 4.49. The van der Waals surface area contributed by atoms with Crippen molar-refractivity contribution < 1.29 is 5.11 Å². The van der Waals surface area contributed by atoms with Gasteiger partial charge in [0.2, 0.25) is 0 Å². The van der Waals surface area contributed by atoms with Gasteiger partial charge < -0.3 is 10.4 Å². The fourth-order valence-electron chi connectivity index (χ4n) is 1.15. The highest BCUT2D eigenvalue weighted by Gasteiger charge is 1.96. The van der Waals surface area contributed by atoms with Crippen LogP contribution in [-0.2, 0) is 13.6 Å². The van der Waals surface area contributed by atoms with Gasteiger partial charge >= 0.3 is 0 Å². The van der Waals surface area contributed by atoms with E-state index < -0.39 is 0 Å². The molecule has 13 heavy (non-hydrogen) atoms. The number of hydrogen-bond donors (Lipinski definition) is 2. The first-order valence-corrected chi connectivity index (χ1v) is 4.63. The van der Waals surface area contributed by atoms with Crippen LogP contribution in [-0.4, -0.2) is 28.0 Å². The van der Waals surface area contributed by atoms with Crippen LogP contribution < -0.4 is 5.32 Å². The second kappa shape index (κ2) is 5.72. The zero-order chi connectivity index (χ0) is 9.52. The molecule has 4 heteroatoms. The number of aliphatic hydroxyl groups excluding tert-OH is 1. The molecule has 0 aliphatic carbocycles. The molecule has 1 heterocycles. The fraction of sp³-hybridized carbons (Fsp3) is 0.667. The third-order valence-electron chi connectivity index (χ3n) is 1.99. The maximum Gasteiger partial charge on any atom is 0.0518 e. The van der Waals surface area contributed by atoms with Crippen molar-refractivity contribution in [2.75, 3.05) is 13.2 Å². The van der Waals surface area contributed by atoms with E-state index >= 15 is 0 Å². The molecule has 0 unspecified atom stereocenters. The minimum atomic E-state index is 0.285. The van der Waals surface area contributed by atoms with Gasteiger partial charge in [0.25, 0.3) is 0 Å². The Morgan fingerprint density at radius 1 is 1.54 bits per heavy atom. The lowest BCUT2D eigenvalue weighted by Gasteiger charge is -2.03. The van der Waals surface area contributed by atoms with E-state index in [1.54, 1.807) is 6.20 Å². The van der Waals surface area contributed by atoms with Crippen molar-refractivity contribution in [2.45, 2.75) is 19.4 Å². The molecule has 0 saturated heterocycles. The second-order valence-electron chi connectivity index (χ2n) is 3.05. The van der Waals surface area contributed by atoms with Crippen LogP contribution in [0.2, 0.25) is 0 Å². The molecule has 0 spiro atoms. The van der Waals surface area contributed by atoms with E-state index in [1.807, 2.05) is 17.8 Å². The van der Waals surface area contributed by atoms with Gasteiger partial charge in [-0.25, -0.2) is 0 Å². The van der Waals surface area contributed by atoms with Gasteiger partial charge in [-0.2, -0.15) is 5.10 Å². The predicted octanol–water partition coefficient (Wildman–Crippen LogP) is 0.282. The number of rotatable bonds is 6. The molecule has 0 amide bonds. The first-order valence-electron chi connectivity index (χ1n) is 4.63. The lowest BCUT2D eigenvalue weighted by Crippen LogP contribution is -2.17. The quantitative estimate of drug-likeness (QED) is 0.623. The SMILES string of the molecule is Cn1nccc1CNCCCCO. The van der Waals surface area contributed by atoms with Crippen LogP contribution in [0, 0.1) is 0 Å². The Hall–Kier alpha value is -0.870. The average molecular weight is 183 g/mol. The summed E-state index contributed by atoms with van der Waals surface area (Å²) in [5.74, 6) is 0. The van der Waals surface area contributed by atoms with Crippen LogP contribution in [0.3, 0.4) is 0 Å². The highest BCUT2D eigenvalue weighted by atomic mass is 16.2. The van der Waals surface area contributed by atoms with Crippen LogP contribution in [0.4, 0.5) is 0 Å². The van der Waals surface area contributed by atoms with Gasteiger partial charge in [-0.15, -0.1) is 0 Å². The molecule has 74 valence electrons. The zero-order valence-corrected chi connectivity index (χ0v) is 8.03. The smallest absolute Gasteiger partial charge is 0.0518 e. The van der Waals surface area contributed by atoms with Gasteiger partial charge in [0.1, 0.15) is 0 Å². The van der Waals surface area contributed by atoms with E-state index in [0.29, 0.717) is 0 Å². The molecule has 1 aromatic rings. The second-order valence-corrected chi connectivity index (χ2v) is 3.05. The summed E-state index contributed by atoms with van der Waals surface area (Å²) in [6.45, 7) is 2.08.